The van der Waals surface area contributed by atoms with Crippen LogP contribution in [-0.4, -0.2) is 41.9 Å². The number of benzene rings is 1. The molecule has 1 amide bonds. The number of piperidine rings is 1. The minimum absolute atomic E-state index is 0.377. The molecule has 2 heterocycles. The number of carbonyl (C=O) groups is 1. The average Bonchev–Trinajstić information content (AvgIpc) is 2.59. The summed E-state index contributed by atoms with van der Waals surface area (Å²) in [7, 11) is 1.61. The van der Waals surface area contributed by atoms with Crippen molar-refractivity contribution in [2.45, 2.75) is 45.3 Å². The van der Waals surface area contributed by atoms with E-state index in [2.05, 4.69) is 27.5 Å². The molecule has 0 spiro atoms. The number of rotatable bonds is 3. The van der Waals surface area contributed by atoms with Gasteiger partial charge in [-0.3, -0.25) is 4.98 Å². The molecule has 0 saturated carbocycles. The van der Waals surface area contributed by atoms with E-state index in [1.54, 1.807) is 19.5 Å². The van der Waals surface area contributed by atoms with Crippen LogP contribution in [0.25, 0.3) is 11.0 Å². The van der Waals surface area contributed by atoms with Gasteiger partial charge in [0.2, 0.25) is 0 Å². The summed E-state index contributed by atoms with van der Waals surface area (Å²) < 4.78 is 11.0. The van der Waals surface area contributed by atoms with E-state index in [0.29, 0.717) is 23.7 Å². The Bertz CT molecular complexity index is 834. The van der Waals surface area contributed by atoms with Crippen molar-refractivity contribution in [3.8, 4) is 5.75 Å². The molecule has 0 radical (unpaired) electrons. The van der Waals surface area contributed by atoms with Crippen molar-refractivity contribution in [1.82, 2.24) is 20.6 Å². The Morgan fingerprint density at radius 3 is 2.59 bits per heavy atom. The molecule has 3 rings (SSSR count). The maximum atomic E-state index is 12.6. The number of ether oxygens (including phenoxy) is 2. The van der Waals surface area contributed by atoms with Crippen molar-refractivity contribution in [1.29, 1.82) is 0 Å². The van der Waals surface area contributed by atoms with Crippen LogP contribution in [0.3, 0.4) is 0 Å². The zero-order valence-electron chi connectivity index (χ0n) is 16.6. The van der Waals surface area contributed by atoms with Gasteiger partial charge in [-0.2, -0.15) is 0 Å². The fraction of sp³-hybridized carbons (Fsp3) is 0.550. The van der Waals surface area contributed by atoms with Gasteiger partial charge >= 0.3 is 6.09 Å². The number of nitrogens with zero attached hydrogens (tertiary/aromatic N) is 2. The van der Waals surface area contributed by atoms with E-state index in [-0.39, 0.29) is 0 Å². The van der Waals surface area contributed by atoms with Crippen molar-refractivity contribution in [2.75, 3.05) is 20.2 Å². The highest BCUT2D eigenvalue weighted by Crippen LogP contribution is 2.37. The number of fused-ring (bicyclic) bond motifs is 1. The van der Waals surface area contributed by atoms with Crippen LogP contribution in [0.4, 0.5) is 4.79 Å². The van der Waals surface area contributed by atoms with Crippen LogP contribution in [-0.2, 0) is 10.3 Å². The Balaban J connectivity index is 2.09. The first-order valence-electron chi connectivity index (χ1n) is 9.24. The SMILES string of the molecule is COc1ccc([C@@]2(NC(=O)OC(C)(C)C)CNC[C@@H](C)C2)c2nccnc12. The van der Waals surface area contributed by atoms with E-state index in [4.69, 9.17) is 9.47 Å². The molecule has 1 saturated heterocycles. The summed E-state index contributed by atoms with van der Waals surface area (Å²) in [5.74, 6) is 1.04. The van der Waals surface area contributed by atoms with Crippen LogP contribution >= 0.6 is 0 Å². The van der Waals surface area contributed by atoms with E-state index in [9.17, 15) is 4.79 Å². The van der Waals surface area contributed by atoms with Gasteiger partial charge in [0.05, 0.1) is 18.2 Å². The summed E-state index contributed by atoms with van der Waals surface area (Å²) in [6.45, 7) is 9.22. The van der Waals surface area contributed by atoms with Gasteiger partial charge < -0.3 is 20.1 Å². The van der Waals surface area contributed by atoms with Crippen LogP contribution in [0.1, 0.15) is 39.7 Å². The molecule has 0 aliphatic carbocycles. The Morgan fingerprint density at radius 2 is 1.96 bits per heavy atom. The molecular formula is C20H28N4O3. The first-order valence-corrected chi connectivity index (χ1v) is 9.24. The van der Waals surface area contributed by atoms with Gasteiger partial charge in [0.25, 0.3) is 0 Å². The molecule has 1 fully saturated rings. The van der Waals surface area contributed by atoms with Gasteiger partial charge in [0.15, 0.2) is 0 Å². The van der Waals surface area contributed by atoms with E-state index in [1.165, 1.54) is 0 Å². The summed E-state index contributed by atoms with van der Waals surface area (Å²) in [5.41, 5.74) is 1.11. The topological polar surface area (TPSA) is 85.4 Å². The number of alkyl carbamates (subject to hydrolysis) is 1. The fourth-order valence-electron chi connectivity index (χ4n) is 3.72. The highest BCUT2D eigenvalue weighted by atomic mass is 16.6. The van der Waals surface area contributed by atoms with Crippen LogP contribution in [0, 0.1) is 5.92 Å². The lowest BCUT2D eigenvalue weighted by Crippen LogP contribution is -2.58. The molecule has 1 aliphatic rings. The maximum absolute atomic E-state index is 12.6. The minimum Gasteiger partial charge on any atom is -0.494 e. The smallest absolute Gasteiger partial charge is 0.408 e. The molecule has 7 nitrogen and oxygen atoms in total. The van der Waals surface area contributed by atoms with Crippen molar-refractivity contribution in [3.05, 3.63) is 30.1 Å². The second kappa shape index (κ2) is 7.31. The zero-order chi connectivity index (χ0) is 19.7. The van der Waals surface area contributed by atoms with Crippen LogP contribution in [0.15, 0.2) is 24.5 Å². The number of carbonyl (C=O) groups excluding carboxylic acids is 1. The lowest BCUT2D eigenvalue weighted by Gasteiger charge is -2.42. The Kier molecular flexibility index (Phi) is 5.24. The molecule has 2 aromatic rings. The highest BCUT2D eigenvalue weighted by molar-refractivity contribution is 5.85. The lowest BCUT2D eigenvalue weighted by atomic mass is 9.78. The third-order valence-corrected chi connectivity index (χ3v) is 4.68. The van der Waals surface area contributed by atoms with Gasteiger partial charge in [-0.15, -0.1) is 0 Å². The number of nitrogens with one attached hydrogen (secondary N) is 2. The van der Waals surface area contributed by atoms with E-state index in [1.807, 2.05) is 32.9 Å². The molecule has 1 aromatic carbocycles. The predicted molar refractivity (Wildman–Crippen MR) is 104 cm³/mol. The second-order valence-corrected chi connectivity index (χ2v) is 8.22. The zero-order valence-corrected chi connectivity index (χ0v) is 16.6. The predicted octanol–water partition coefficient (Wildman–Crippen LogP) is 2.99. The van der Waals surface area contributed by atoms with Crippen molar-refractivity contribution in [3.63, 3.8) is 0 Å². The fourth-order valence-corrected chi connectivity index (χ4v) is 3.72. The summed E-state index contributed by atoms with van der Waals surface area (Å²) in [5, 5.41) is 6.57. The van der Waals surface area contributed by atoms with E-state index < -0.39 is 17.2 Å². The molecule has 0 unspecified atom stereocenters. The summed E-state index contributed by atoms with van der Waals surface area (Å²) >= 11 is 0. The van der Waals surface area contributed by atoms with Crippen molar-refractivity contribution in [2.24, 2.45) is 5.92 Å². The summed E-state index contributed by atoms with van der Waals surface area (Å²) in [6.07, 6.45) is 3.64. The van der Waals surface area contributed by atoms with Crippen LogP contribution in [0.2, 0.25) is 0 Å². The number of methoxy groups -OCH3 is 1. The average molecular weight is 372 g/mol. The largest absolute Gasteiger partial charge is 0.494 e. The molecule has 0 bridgehead atoms. The third kappa shape index (κ3) is 4.13. The highest BCUT2D eigenvalue weighted by Gasteiger charge is 2.41. The minimum atomic E-state index is -0.638. The first-order chi connectivity index (χ1) is 12.7. The molecule has 2 N–H and O–H groups in total. The monoisotopic (exact) mass is 372 g/mol. The summed E-state index contributed by atoms with van der Waals surface area (Å²) in [4.78, 5) is 21.6. The van der Waals surface area contributed by atoms with Gasteiger partial charge in [0, 0.05) is 24.5 Å². The number of hydrogen-bond donors (Lipinski definition) is 2. The van der Waals surface area contributed by atoms with Gasteiger partial charge in [-0.1, -0.05) is 13.0 Å². The molecule has 146 valence electrons. The Morgan fingerprint density at radius 1 is 1.26 bits per heavy atom. The van der Waals surface area contributed by atoms with Gasteiger partial charge in [-0.25, -0.2) is 9.78 Å². The van der Waals surface area contributed by atoms with E-state index >= 15 is 0 Å². The maximum Gasteiger partial charge on any atom is 0.408 e. The summed E-state index contributed by atoms with van der Waals surface area (Å²) in [6, 6.07) is 3.84. The number of aromatic nitrogens is 2. The van der Waals surface area contributed by atoms with Crippen LogP contribution < -0.4 is 15.4 Å². The lowest BCUT2D eigenvalue weighted by molar-refractivity contribution is 0.0415. The Labute approximate surface area is 159 Å². The molecule has 2 atom stereocenters. The quantitative estimate of drug-likeness (QED) is 0.862. The molecular weight excluding hydrogens is 344 g/mol. The first kappa shape index (κ1) is 19.4. The normalized spacial score (nSPS) is 23.1. The molecule has 1 aliphatic heterocycles. The second-order valence-electron chi connectivity index (χ2n) is 8.22. The standard InChI is InChI=1S/C20H28N4O3/c1-13-10-20(12-21-11-13,24-18(25)27-19(2,3)4)14-6-7-15(26-5)17-16(14)22-8-9-23-17/h6-9,13,21H,10-12H2,1-5H3,(H,24,25)/t13-,20-/m0/s1. The third-order valence-electron chi connectivity index (χ3n) is 4.68. The molecule has 1 aromatic heterocycles. The van der Waals surface area contributed by atoms with Gasteiger partial charge in [-0.05, 0) is 45.7 Å². The van der Waals surface area contributed by atoms with Crippen LogP contribution in [0.5, 0.6) is 5.75 Å². The molecule has 7 heteroatoms. The molecule has 27 heavy (non-hydrogen) atoms. The number of amides is 1. The van der Waals surface area contributed by atoms with Gasteiger partial charge in [0.1, 0.15) is 16.9 Å². The number of hydrogen-bond acceptors (Lipinski definition) is 6. The van der Waals surface area contributed by atoms with Crippen molar-refractivity contribution < 1.29 is 14.3 Å². The Hall–Kier alpha value is -2.41. The van der Waals surface area contributed by atoms with Crippen molar-refractivity contribution >= 4 is 17.1 Å². The van der Waals surface area contributed by atoms with E-state index in [0.717, 1.165) is 24.0 Å².